The topological polar surface area (TPSA) is 87.9 Å². The largest absolute Gasteiger partial charge is 0.457 e. The minimum Gasteiger partial charge on any atom is -0.457 e. The highest BCUT2D eigenvalue weighted by Gasteiger charge is 2.31. The summed E-state index contributed by atoms with van der Waals surface area (Å²) in [4.78, 5) is 11.3. The SMILES string of the molecule is COP(=O)(CC(OC(C)=O)c1cc(N)c(I)cc1I)OC. The molecule has 0 radical (unpaired) electrons. The number of benzene rings is 1. The van der Waals surface area contributed by atoms with Crippen LogP contribution < -0.4 is 5.73 Å². The van der Waals surface area contributed by atoms with Gasteiger partial charge in [0.15, 0.2) is 0 Å². The molecule has 0 fully saturated rings. The quantitative estimate of drug-likeness (QED) is 0.258. The molecule has 0 bridgehead atoms. The number of nitrogens with two attached hydrogens (primary N) is 1. The van der Waals surface area contributed by atoms with Crippen molar-refractivity contribution in [2.75, 3.05) is 26.1 Å². The van der Waals surface area contributed by atoms with Gasteiger partial charge >= 0.3 is 13.6 Å². The number of carbonyl (C=O) groups excluding carboxylic acids is 1. The van der Waals surface area contributed by atoms with Gasteiger partial charge < -0.3 is 19.5 Å². The zero-order valence-electron chi connectivity index (χ0n) is 11.8. The zero-order valence-corrected chi connectivity index (χ0v) is 17.0. The van der Waals surface area contributed by atoms with Gasteiger partial charge in [0.2, 0.25) is 0 Å². The fourth-order valence-corrected chi connectivity index (χ4v) is 4.66. The van der Waals surface area contributed by atoms with E-state index < -0.39 is 19.7 Å². The number of rotatable bonds is 6. The third-order valence-corrected chi connectivity index (χ3v) is 6.48. The molecule has 0 aliphatic heterocycles. The van der Waals surface area contributed by atoms with Crippen molar-refractivity contribution < 1.29 is 23.1 Å². The van der Waals surface area contributed by atoms with Crippen LogP contribution in [0.1, 0.15) is 18.6 Å². The number of hydrogen-bond donors (Lipinski definition) is 1. The molecule has 0 amide bonds. The van der Waals surface area contributed by atoms with Crippen LogP contribution in [0.25, 0.3) is 0 Å². The van der Waals surface area contributed by atoms with E-state index in [-0.39, 0.29) is 6.16 Å². The number of ether oxygens (including phenoxy) is 1. The van der Waals surface area contributed by atoms with Crippen LogP contribution in [0.2, 0.25) is 0 Å². The van der Waals surface area contributed by atoms with Gasteiger partial charge in [0.1, 0.15) is 6.10 Å². The minimum absolute atomic E-state index is 0.0738. The van der Waals surface area contributed by atoms with Gasteiger partial charge in [0.05, 0.1) is 6.16 Å². The van der Waals surface area contributed by atoms with Gasteiger partial charge in [0, 0.05) is 39.5 Å². The van der Waals surface area contributed by atoms with Crippen molar-refractivity contribution >= 4 is 64.4 Å². The Labute approximate surface area is 150 Å². The normalized spacial score (nSPS) is 13.0. The van der Waals surface area contributed by atoms with Gasteiger partial charge in [-0.15, -0.1) is 0 Å². The summed E-state index contributed by atoms with van der Waals surface area (Å²) in [5.74, 6) is -0.480. The maximum absolute atomic E-state index is 12.3. The molecule has 0 heterocycles. The van der Waals surface area contributed by atoms with Crippen LogP contribution in [0.4, 0.5) is 5.69 Å². The first-order valence-corrected chi connectivity index (χ1v) is 9.73. The van der Waals surface area contributed by atoms with Crippen LogP contribution in [0.3, 0.4) is 0 Å². The van der Waals surface area contributed by atoms with E-state index in [4.69, 9.17) is 19.5 Å². The molecule has 2 N–H and O–H groups in total. The molecule has 1 rings (SSSR count). The number of anilines is 1. The average molecular weight is 539 g/mol. The Kier molecular flexibility index (Phi) is 7.38. The summed E-state index contributed by atoms with van der Waals surface area (Å²) >= 11 is 4.23. The number of hydrogen-bond acceptors (Lipinski definition) is 6. The molecule has 118 valence electrons. The van der Waals surface area contributed by atoms with E-state index >= 15 is 0 Å². The van der Waals surface area contributed by atoms with E-state index in [0.717, 1.165) is 7.14 Å². The first kappa shape index (κ1) is 19.1. The molecular weight excluding hydrogens is 523 g/mol. The van der Waals surface area contributed by atoms with Gasteiger partial charge in [-0.25, -0.2) is 0 Å². The fourth-order valence-electron chi connectivity index (χ4n) is 1.66. The van der Waals surface area contributed by atoms with Crippen LogP contribution in [-0.4, -0.2) is 26.4 Å². The maximum atomic E-state index is 12.3. The van der Waals surface area contributed by atoms with Crippen LogP contribution in [0, 0.1) is 7.14 Å². The Morgan fingerprint density at radius 1 is 1.29 bits per heavy atom. The summed E-state index contributed by atoms with van der Waals surface area (Å²) in [6.07, 6.45) is -0.824. The number of carbonyl (C=O) groups is 1. The molecule has 6 nitrogen and oxygen atoms in total. The molecular formula is C12H16I2NO5P. The van der Waals surface area contributed by atoms with Crippen molar-refractivity contribution in [3.63, 3.8) is 0 Å². The van der Waals surface area contributed by atoms with E-state index in [1.54, 1.807) is 6.07 Å². The molecule has 1 atom stereocenters. The Balaban J connectivity index is 3.23. The summed E-state index contributed by atoms with van der Waals surface area (Å²) in [5, 5.41) is 0. The molecule has 0 spiro atoms. The van der Waals surface area contributed by atoms with Crippen molar-refractivity contribution in [1.29, 1.82) is 0 Å². The summed E-state index contributed by atoms with van der Waals surface area (Å²) in [6.45, 7) is 1.29. The maximum Gasteiger partial charge on any atom is 0.334 e. The molecule has 1 unspecified atom stereocenters. The molecule has 1 aromatic rings. The van der Waals surface area contributed by atoms with Gasteiger partial charge in [-0.2, -0.15) is 0 Å². The Hall–Kier alpha value is 0.1000. The Morgan fingerprint density at radius 2 is 1.86 bits per heavy atom. The Morgan fingerprint density at radius 3 is 2.33 bits per heavy atom. The lowest BCUT2D eigenvalue weighted by molar-refractivity contribution is -0.145. The third-order valence-electron chi connectivity index (χ3n) is 2.72. The van der Waals surface area contributed by atoms with Crippen molar-refractivity contribution in [2.45, 2.75) is 13.0 Å². The molecule has 9 heteroatoms. The van der Waals surface area contributed by atoms with Crippen molar-refractivity contribution in [2.24, 2.45) is 0 Å². The minimum atomic E-state index is -3.33. The predicted octanol–water partition coefficient (Wildman–Crippen LogP) is 3.57. The van der Waals surface area contributed by atoms with E-state index in [0.29, 0.717) is 11.3 Å². The fraction of sp³-hybridized carbons (Fsp3) is 0.417. The number of nitrogen functional groups attached to an aromatic ring is 1. The van der Waals surface area contributed by atoms with Gasteiger partial charge in [0.25, 0.3) is 0 Å². The van der Waals surface area contributed by atoms with Crippen LogP contribution in [-0.2, 0) is 23.1 Å². The van der Waals surface area contributed by atoms with E-state index in [1.807, 2.05) is 6.07 Å². The summed E-state index contributed by atoms with van der Waals surface area (Å²) in [6, 6.07) is 3.58. The Bertz CT molecular complexity index is 573. The predicted molar refractivity (Wildman–Crippen MR) is 97.3 cm³/mol. The van der Waals surface area contributed by atoms with Crippen molar-refractivity contribution in [3.8, 4) is 0 Å². The van der Waals surface area contributed by atoms with Gasteiger partial charge in [-0.1, -0.05) is 0 Å². The van der Waals surface area contributed by atoms with Gasteiger partial charge in [-0.3, -0.25) is 9.36 Å². The monoisotopic (exact) mass is 539 g/mol. The van der Waals surface area contributed by atoms with Crippen LogP contribution >= 0.6 is 52.8 Å². The lowest BCUT2D eigenvalue weighted by atomic mass is 10.1. The lowest BCUT2D eigenvalue weighted by Gasteiger charge is -2.23. The van der Waals surface area contributed by atoms with Crippen LogP contribution in [0.5, 0.6) is 0 Å². The highest BCUT2D eigenvalue weighted by atomic mass is 127. The van der Waals surface area contributed by atoms with E-state index in [2.05, 4.69) is 45.2 Å². The molecule has 0 aromatic heterocycles. The summed E-state index contributed by atoms with van der Waals surface area (Å²) in [7, 11) is -0.741. The summed E-state index contributed by atoms with van der Waals surface area (Å²) in [5.41, 5.74) is 7.15. The molecule has 0 aliphatic rings. The smallest absolute Gasteiger partial charge is 0.334 e. The van der Waals surface area contributed by atoms with Gasteiger partial charge in [-0.05, 0) is 57.3 Å². The van der Waals surface area contributed by atoms with E-state index in [9.17, 15) is 9.36 Å². The number of halogens is 2. The van der Waals surface area contributed by atoms with Crippen molar-refractivity contribution in [1.82, 2.24) is 0 Å². The molecule has 0 aliphatic carbocycles. The highest BCUT2D eigenvalue weighted by molar-refractivity contribution is 14.1. The average Bonchev–Trinajstić information content (AvgIpc) is 2.41. The second-order valence-electron chi connectivity index (χ2n) is 4.15. The molecule has 21 heavy (non-hydrogen) atoms. The second-order valence-corrected chi connectivity index (χ2v) is 8.79. The second kappa shape index (κ2) is 8.09. The third kappa shape index (κ3) is 5.34. The standard InChI is InChI=1S/C12H16I2NO5P/c1-7(16)20-12(6-21(17,18-2)19-3)8-4-11(15)10(14)5-9(8)13/h4-5,12H,6,15H2,1-3H3. The van der Waals surface area contributed by atoms with E-state index in [1.165, 1.54) is 21.1 Å². The molecule has 0 saturated heterocycles. The first-order valence-electron chi connectivity index (χ1n) is 5.84. The molecule has 0 saturated carbocycles. The zero-order chi connectivity index (χ0) is 16.2. The molecule has 1 aromatic carbocycles. The van der Waals surface area contributed by atoms with Crippen LogP contribution in [0.15, 0.2) is 12.1 Å². The number of esters is 1. The first-order chi connectivity index (χ1) is 9.72. The summed E-state index contributed by atoms with van der Waals surface area (Å²) < 4.78 is 29.2. The highest BCUT2D eigenvalue weighted by Crippen LogP contribution is 2.50. The van der Waals surface area contributed by atoms with Crippen molar-refractivity contribution in [3.05, 3.63) is 24.8 Å². The lowest BCUT2D eigenvalue weighted by Crippen LogP contribution is -2.16.